The summed E-state index contributed by atoms with van der Waals surface area (Å²) in [6, 6.07) is 17.4. The van der Waals surface area contributed by atoms with Crippen molar-refractivity contribution in [2.75, 3.05) is 18.4 Å². The van der Waals surface area contributed by atoms with E-state index in [9.17, 15) is 0 Å². The molecule has 0 aromatic heterocycles. The highest BCUT2D eigenvalue weighted by Gasteiger charge is 2.19. The number of nitrogens with one attached hydrogen (secondary N) is 1. The van der Waals surface area contributed by atoms with Gasteiger partial charge in [-0.25, -0.2) is 0 Å². The number of rotatable bonds is 5. The summed E-state index contributed by atoms with van der Waals surface area (Å²) in [5.41, 5.74) is 11.3. The molecule has 1 aliphatic heterocycles. The fourth-order valence-corrected chi connectivity index (χ4v) is 3.30. The highest BCUT2D eigenvalue weighted by atomic mass is 15.2. The van der Waals surface area contributed by atoms with Gasteiger partial charge in [-0.1, -0.05) is 43.3 Å². The first-order valence-corrected chi connectivity index (χ1v) is 9.12. The van der Waals surface area contributed by atoms with Crippen LogP contribution in [0.15, 0.2) is 53.5 Å². The van der Waals surface area contributed by atoms with Gasteiger partial charge >= 0.3 is 0 Å². The van der Waals surface area contributed by atoms with Crippen LogP contribution in [0.5, 0.6) is 0 Å². The quantitative estimate of drug-likeness (QED) is 0.650. The van der Waals surface area contributed by atoms with E-state index in [4.69, 9.17) is 5.73 Å². The number of aryl methyl sites for hydroxylation is 1. The van der Waals surface area contributed by atoms with Crippen molar-refractivity contribution in [2.45, 2.75) is 39.3 Å². The zero-order valence-corrected chi connectivity index (χ0v) is 15.2. The fraction of sp³-hybridized carbons (Fsp3) is 0.381. The Balaban J connectivity index is 1.56. The summed E-state index contributed by atoms with van der Waals surface area (Å²) in [5.74, 6) is 0.484. The second-order valence-electron chi connectivity index (χ2n) is 6.74. The fourth-order valence-electron chi connectivity index (χ4n) is 3.30. The molecule has 4 nitrogen and oxygen atoms in total. The summed E-state index contributed by atoms with van der Waals surface area (Å²) in [6.45, 7) is 7.16. The average Bonchev–Trinajstić information content (AvgIpc) is 2.65. The maximum absolute atomic E-state index is 6.07. The second kappa shape index (κ2) is 8.17. The highest BCUT2D eigenvalue weighted by molar-refractivity contribution is 5.92. The minimum absolute atomic E-state index is 0.371. The molecule has 1 unspecified atom stereocenters. The largest absolute Gasteiger partial charge is 0.370 e. The Morgan fingerprint density at radius 1 is 1.20 bits per heavy atom. The molecular formula is C21H28N4. The maximum Gasteiger partial charge on any atom is 0.193 e. The molecule has 1 aliphatic rings. The van der Waals surface area contributed by atoms with Crippen molar-refractivity contribution in [3.63, 3.8) is 0 Å². The number of hydrogen-bond donors (Lipinski definition) is 2. The smallest absolute Gasteiger partial charge is 0.193 e. The van der Waals surface area contributed by atoms with E-state index in [0.29, 0.717) is 18.5 Å². The molecule has 0 fully saturated rings. The van der Waals surface area contributed by atoms with Crippen LogP contribution in [-0.2, 0) is 19.4 Å². The first-order valence-electron chi connectivity index (χ1n) is 9.12. The molecule has 0 saturated carbocycles. The molecule has 0 amide bonds. The molecule has 3 N–H and O–H groups in total. The Hall–Kier alpha value is -2.33. The lowest BCUT2D eigenvalue weighted by Crippen LogP contribution is -2.39. The molecule has 2 aromatic carbocycles. The summed E-state index contributed by atoms with van der Waals surface area (Å²) < 4.78 is 0. The number of nitrogens with zero attached hydrogens (tertiary/aromatic N) is 2. The van der Waals surface area contributed by atoms with Crippen molar-refractivity contribution < 1.29 is 0 Å². The van der Waals surface area contributed by atoms with E-state index in [1.807, 2.05) is 12.1 Å². The van der Waals surface area contributed by atoms with Crippen LogP contribution in [0, 0.1) is 0 Å². The van der Waals surface area contributed by atoms with Gasteiger partial charge in [-0.2, -0.15) is 0 Å². The third kappa shape index (κ3) is 4.60. The van der Waals surface area contributed by atoms with Gasteiger partial charge in [0.25, 0.3) is 0 Å². The Kier molecular flexibility index (Phi) is 5.71. The number of hydrogen-bond acceptors (Lipinski definition) is 2. The van der Waals surface area contributed by atoms with E-state index in [1.165, 1.54) is 16.7 Å². The first kappa shape index (κ1) is 17.5. The molecule has 132 valence electrons. The predicted molar refractivity (Wildman–Crippen MR) is 106 cm³/mol. The molecule has 1 heterocycles. The number of nitrogens with two attached hydrogens (primary N) is 1. The molecule has 3 rings (SSSR count). The summed E-state index contributed by atoms with van der Waals surface area (Å²) in [5, 5.41) is 3.20. The summed E-state index contributed by atoms with van der Waals surface area (Å²) in [7, 11) is 0. The predicted octanol–water partition coefficient (Wildman–Crippen LogP) is 3.42. The minimum atomic E-state index is 0.371. The molecule has 25 heavy (non-hydrogen) atoms. The van der Waals surface area contributed by atoms with Crippen LogP contribution < -0.4 is 11.1 Å². The lowest BCUT2D eigenvalue weighted by atomic mass is 9.99. The number of fused-ring (bicyclic) bond motifs is 1. The van der Waals surface area contributed by atoms with Gasteiger partial charge in [0.2, 0.25) is 0 Å². The van der Waals surface area contributed by atoms with Crippen LogP contribution in [0.3, 0.4) is 0 Å². The molecular weight excluding hydrogens is 308 g/mol. The first-order chi connectivity index (χ1) is 12.2. The minimum Gasteiger partial charge on any atom is -0.370 e. The van der Waals surface area contributed by atoms with Gasteiger partial charge < -0.3 is 11.1 Å². The van der Waals surface area contributed by atoms with Crippen molar-refractivity contribution in [1.29, 1.82) is 0 Å². The lowest BCUT2D eigenvalue weighted by molar-refractivity contribution is 0.195. The SMILES string of the molecule is CCc1cccc(NC(N)=NCC(C)N2CCc3ccccc3C2)c1. The number of anilines is 1. The molecule has 0 spiro atoms. The van der Waals surface area contributed by atoms with Crippen molar-refractivity contribution >= 4 is 11.6 Å². The Morgan fingerprint density at radius 2 is 2.00 bits per heavy atom. The van der Waals surface area contributed by atoms with Gasteiger partial charge in [0.1, 0.15) is 0 Å². The van der Waals surface area contributed by atoms with Crippen LogP contribution in [0.1, 0.15) is 30.5 Å². The van der Waals surface area contributed by atoms with Gasteiger partial charge in [0.05, 0.1) is 6.54 Å². The lowest BCUT2D eigenvalue weighted by Gasteiger charge is -2.33. The molecule has 0 saturated heterocycles. The maximum atomic E-state index is 6.07. The van der Waals surface area contributed by atoms with Crippen molar-refractivity contribution in [3.05, 3.63) is 65.2 Å². The van der Waals surface area contributed by atoms with Gasteiger partial charge in [-0.15, -0.1) is 0 Å². The Morgan fingerprint density at radius 3 is 2.80 bits per heavy atom. The van der Waals surface area contributed by atoms with Crippen LogP contribution in [-0.4, -0.2) is 30.0 Å². The standard InChI is InChI=1S/C21H28N4/c1-3-17-7-6-10-20(13-17)24-21(22)23-14-16(2)25-12-11-18-8-4-5-9-19(18)15-25/h4-10,13,16H,3,11-12,14-15H2,1-2H3,(H3,22,23,24). The van der Waals surface area contributed by atoms with E-state index < -0.39 is 0 Å². The molecule has 0 bridgehead atoms. The van der Waals surface area contributed by atoms with Crippen molar-refractivity contribution in [3.8, 4) is 0 Å². The van der Waals surface area contributed by atoms with E-state index in [2.05, 4.69) is 65.5 Å². The molecule has 1 atom stereocenters. The van der Waals surface area contributed by atoms with Crippen LogP contribution in [0.2, 0.25) is 0 Å². The van der Waals surface area contributed by atoms with Gasteiger partial charge in [0, 0.05) is 24.8 Å². The van der Waals surface area contributed by atoms with Crippen LogP contribution in [0.4, 0.5) is 5.69 Å². The summed E-state index contributed by atoms with van der Waals surface area (Å²) in [4.78, 5) is 7.03. The van der Waals surface area contributed by atoms with E-state index >= 15 is 0 Å². The number of benzene rings is 2. The molecule has 0 aliphatic carbocycles. The van der Waals surface area contributed by atoms with E-state index in [1.54, 1.807) is 0 Å². The van der Waals surface area contributed by atoms with Crippen LogP contribution in [0.25, 0.3) is 0 Å². The van der Waals surface area contributed by atoms with Crippen molar-refractivity contribution in [2.24, 2.45) is 10.7 Å². The van der Waals surface area contributed by atoms with Gasteiger partial charge in [-0.3, -0.25) is 9.89 Å². The Labute approximate surface area is 150 Å². The van der Waals surface area contributed by atoms with E-state index in [0.717, 1.165) is 31.6 Å². The zero-order chi connectivity index (χ0) is 17.6. The molecule has 2 aromatic rings. The summed E-state index contributed by atoms with van der Waals surface area (Å²) in [6.07, 6.45) is 2.13. The van der Waals surface area contributed by atoms with Gasteiger partial charge in [0.15, 0.2) is 5.96 Å². The Bertz CT molecular complexity index is 738. The summed E-state index contributed by atoms with van der Waals surface area (Å²) >= 11 is 0. The number of guanidine groups is 1. The van der Waals surface area contributed by atoms with E-state index in [-0.39, 0.29) is 0 Å². The topological polar surface area (TPSA) is 53.6 Å². The second-order valence-corrected chi connectivity index (χ2v) is 6.74. The monoisotopic (exact) mass is 336 g/mol. The van der Waals surface area contributed by atoms with Gasteiger partial charge in [-0.05, 0) is 48.6 Å². The third-order valence-corrected chi connectivity index (χ3v) is 4.92. The number of aliphatic imine (C=N–C) groups is 1. The van der Waals surface area contributed by atoms with Crippen LogP contribution >= 0.6 is 0 Å². The average molecular weight is 336 g/mol. The third-order valence-electron chi connectivity index (χ3n) is 4.92. The zero-order valence-electron chi connectivity index (χ0n) is 15.2. The highest BCUT2D eigenvalue weighted by Crippen LogP contribution is 2.20. The molecule has 4 heteroatoms. The molecule has 0 radical (unpaired) electrons. The van der Waals surface area contributed by atoms with Crippen molar-refractivity contribution in [1.82, 2.24) is 4.90 Å². The normalized spacial score (nSPS) is 16.3.